The van der Waals surface area contributed by atoms with Crippen LogP contribution in [0.1, 0.15) is 11.4 Å². The number of alkyl halides is 1. The number of aromatic nitrogens is 2. The smallest absolute Gasteiger partial charge is 0.123 e. The summed E-state index contributed by atoms with van der Waals surface area (Å²) < 4.78 is 7.69. The molecule has 1 aromatic heterocycles. The number of halogens is 2. The van der Waals surface area contributed by atoms with Crippen LogP contribution in [0.25, 0.3) is 0 Å². The van der Waals surface area contributed by atoms with Crippen LogP contribution in [0.2, 0.25) is 5.02 Å². The number of ether oxygens (including phenoxy) is 1. The molecule has 1 aromatic carbocycles. The first-order valence-electron chi connectivity index (χ1n) is 5.64. The van der Waals surface area contributed by atoms with Gasteiger partial charge in [0.25, 0.3) is 0 Å². The summed E-state index contributed by atoms with van der Waals surface area (Å²) in [6, 6.07) is 5.47. The highest BCUT2D eigenvalue weighted by Gasteiger charge is 2.05. The normalized spacial score (nSPS) is 10.6. The summed E-state index contributed by atoms with van der Waals surface area (Å²) >= 11 is 11.8. The summed E-state index contributed by atoms with van der Waals surface area (Å²) in [6.45, 7) is 0.566. The van der Waals surface area contributed by atoms with E-state index in [-0.39, 0.29) is 0 Å². The molecule has 0 amide bonds. The molecule has 1 heterocycles. The number of aryl methyl sites for hydroxylation is 1. The van der Waals surface area contributed by atoms with Crippen molar-refractivity contribution >= 4 is 23.2 Å². The molecular weight excluding hydrogens is 271 g/mol. The Morgan fingerprint density at radius 3 is 2.89 bits per heavy atom. The minimum atomic E-state index is 0.387. The average Bonchev–Trinajstić information content (AvgIpc) is 2.77. The Kier molecular flexibility index (Phi) is 4.50. The Labute approximate surface area is 116 Å². The van der Waals surface area contributed by atoms with Crippen molar-refractivity contribution in [3.05, 3.63) is 47.0 Å². The Morgan fingerprint density at radius 2 is 2.22 bits per heavy atom. The highest BCUT2D eigenvalue weighted by atomic mass is 35.5. The minimum absolute atomic E-state index is 0.387. The maximum Gasteiger partial charge on any atom is 0.123 e. The van der Waals surface area contributed by atoms with Gasteiger partial charge < -0.3 is 9.30 Å². The second-order valence-electron chi connectivity index (χ2n) is 3.94. The predicted molar refractivity (Wildman–Crippen MR) is 73.4 cm³/mol. The lowest BCUT2D eigenvalue weighted by Crippen LogP contribution is -2.07. The van der Waals surface area contributed by atoms with Gasteiger partial charge in [-0.3, -0.25) is 0 Å². The van der Waals surface area contributed by atoms with E-state index in [0.29, 0.717) is 17.5 Å². The van der Waals surface area contributed by atoms with Crippen molar-refractivity contribution in [2.24, 2.45) is 7.05 Å². The van der Waals surface area contributed by atoms with Crippen LogP contribution in [0.3, 0.4) is 0 Å². The molecule has 0 saturated heterocycles. The standard InChI is InChI=1S/C13H14Cl2N2O/c1-17-6-5-16-13(17)4-7-18-12-3-2-11(15)8-10(12)9-14/h2-3,5-6,8H,4,7,9H2,1H3. The summed E-state index contributed by atoms with van der Waals surface area (Å²) in [5.74, 6) is 2.16. The van der Waals surface area contributed by atoms with Gasteiger partial charge in [-0.2, -0.15) is 0 Å². The van der Waals surface area contributed by atoms with Crippen molar-refractivity contribution in [3.8, 4) is 5.75 Å². The molecule has 0 aliphatic carbocycles. The molecule has 96 valence electrons. The van der Waals surface area contributed by atoms with E-state index in [1.807, 2.05) is 29.9 Å². The summed E-state index contributed by atoms with van der Waals surface area (Å²) in [5.41, 5.74) is 0.906. The van der Waals surface area contributed by atoms with E-state index in [2.05, 4.69) is 4.98 Å². The van der Waals surface area contributed by atoms with E-state index in [0.717, 1.165) is 23.6 Å². The Hall–Kier alpha value is -1.19. The topological polar surface area (TPSA) is 27.1 Å². The Morgan fingerprint density at radius 1 is 1.39 bits per heavy atom. The van der Waals surface area contributed by atoms with Crippen molar-refractivity contribution in [2.75, 3.05) is 6.61 Å². The van der Waals surface area contributed by atoms with Gasteiger partial charge in [0.1, 0.15) is 11.6 Å². The van der Waals surface area contributed by atoms with E-state index in [9.17, 15) is 0 Å². The van der Waals surface area contributed by atoms with Crippen LogP contribution in [0.4, 0.5) is 0 Å². The monoisotopic (exact) mass is 284 g/mol. The lowest BCUT2D eigenvalue weighted by Gasteiger charge is -2.10. The minimum Gasteiger partial charge on any atom is -0.493 e. The van der Waals surface area contributed by atoms with Gasteiger partial charge in [-0.05, 0) is 18.2 Å². The van der Waals surface area contributed by atoms with Gasteiger partial charge in [-0.1, -0.05) is 11.6 Å². The number of hydrogen-bond donors (Lipinski definition) is 0. The Balaban J connectivity index is 1.96. The first-order chi connectivity index (χ1) is 8.70. The molecule has 0 saturated carbocycles. The molecule has 0 aliphatic heterocycles. The van der Waals surface area contributed by atoms with E-state index >= 15 is 0 Å². The average molecular weight is 285 g/mol. The van der Waals surface area contributed by atoms with Crippen LogP contribution in [-0.4, -0.2) is 16.2 Å². The molecule has 3 nitrogen and oxygen atoms in total. The van der Waals surface area contributed by atoms with Crippen LogP contribution in [-0.2, 0) is 19.3 Å². The maximum atomic E-state index is 5.90. The van der Waals surface area contributed by atoms with Gasteiger partial charge in [0, 0.05) is 36.4 Å². The van der Waals surface area contributed by atoms with E-state index < -0.39 is 0 Å². The number of imidazole rings is 1. The first kappa shape index (κ1) is 13.2. The zero-order chi connectivity index (χ0) is 13.0. The zero-order valence-electron chi connectivity index (χ0n) is 10.1. The number of benzene rings is 1. The van der Waals surface area contributed by atoms with Crippen molar-refractivity contribution in [1.82, 2.24) is 9.55 Å². The third kappa shape index (κ3) is 3.18. The van der Waals surface area contributed by atoms with Crippen LogP contribution >= 0.6 is 23.2 Å². The maximum absolute atomic E-state index is 5.90. The van der Waals surface area contributed by atoms with Crippen LogP contribution < -0.4 is 4.74 Å². The summed E-state index contributed by atoms with van der Waals surface area (Å²) in [6.07, 6.45) is 4.46. The third-order valence-corrected chi connectivity index (χ3v) is 3.19. The molecule has 0 spiro atoms. The fourth-order valence-electron chi connectivity index (χ4n) is 1.68. The SMILES string of the molecule is Cn1ccnc1CCOc1ccc(Cl)cc1CCl. The molecule has 18 heavy (non-hydrogen) atoms. The second-order valence-corrected chi connectivity index (χ2v) is 4.64. The molecule has 2 aromatic rings. The van der Waals surface area contributed by atoms with Gasteiger partial charge in [0.15, 0.2) is 0 Å². The van der Waals surface area contributed by atoms with Crippen molar-refractivity contribution < 1.29 is 4.74 Å². The predicted octanol–water partition coefficient (Wildman–Crippen LogP) is 3.43. The molecule has 0 N–H and O–H groups in total. The van der Waals surface area contributed by atoms with Crippen LogP contribution in [0.15, 0.2) is 30.6 Å². The summed E-state index contributed by atoms with van der Waals surface area (Å²) in [5, 5.41) is 0.669. The highest BCUT2D eigenvalue weighted by Crippen LogP contribution is 2.24. The summed E-state index contributed by atoms with van der Waals surface area (Å²) in [4.78, 5) is 4.24. The van der Waals surface area contributed by atoms with Gasteiger partial charge >= 0.3 is 0 Å². The fourth-order valence-corrected chi connectivity index (χ4v) is 2.09. The van der Waals surface area contributed by atoms with E-state index in [1.165, 1.54) is 0 Å². The molecule has 5 heteroatoms. The van der Waals surface area contributed by atoms with Crippen molar-refractivity contribution in [2.45, 2.75) is 12.3 Å². The van der Waals surface area contributed by atoms with Gasteiger partial charge in [-0.15, -0.1) is 11.6 Å². The Bertz CT molecular complexity index is 525. The molecule has 0 radical (unpaired) electrons. The zero-order valence-corrected chi connectivity index (χ0v) is 11.6. The number of rotatable bonds is 5. The van der Waals surface area contributed by atoms with Gasteiger partial charge in [-0.25, -0.2) is 4.98 Å². The lowest BCUT2D eigenvalue weighted by molar-refractivity contribution is 0.315. The molecular formula is C13H14Cl2N2O. The molecule has 0 bridgehead atoms. The highest BCUT2D eigenvalue weighted by molar-refractivity contribution is 6.30. The van der Waals surface area contributed by atoms with Crippen LogP contribution in [0, 0.1) is 0 Å². The largest absolute Gasteiger partial charge is 0.493 e. The third-order valence-electron chi connectivity index (χ3n) is 2.67. The number of hydrogen-bond acceptors (Lipinski definition) is 2. The second kappa shape index (κ2) is 6.12. The van der Waals surface area contributed by atoms with Gasteiger partial charge in [0.2, 0.25) is 0 Å². The first-order valence-corrected chi connectivity index (χ1v) is 6.55. The van der Waals surface area contributed by atoms with E-state index in [4.69, 9.17) is 27.9 Å². The molecule has 0 fully saturated rings. The molecule has 2 rings (SSSR count). The lowest BCUT2D eigenvalue weighted by atomic mass is 10.2. The summed E-state index contributed by atoms with van der Waals surface area (Å²) in [7, 11) is 1.97. The fraction of sp³-hybridized carbons (Fsp3) is 0.308. The van der Waals surface area contributed by atoms with E-state index in [1.54, 1.807) is 12.3 Å². The molecule has 0 unspecified atom stereocenters. The number of nitrogens with zero attached hydrogens (tertiary/aromatic N) is 2. The molecule has 0 aliphatic rings. The quantitative estimate of drug-likeness (QED) is 0.787. The van der Waals surface area contributed by atoms with Crippen molar-refractivity contribution in [1.29, 1.82) is 0 Å². The van der Waals surface area contributed by atoms with Gasteiger partial charge in [0.05, 0.1) is 12.5 Å². The van der Waals surface area contributed by atoms with Crippen molar-refractivity contribution in [3.63, 3.8) is 0 Å². The molecule has 0 atom stereocenters. The van der Waals surface area contributed by atoms with Crippen LogP contribution in [0.5, 0.6) is 5.75 Å².